The van der Waals surface area contributed by atoms with Crippen LogP contribution in [0.3, 0.4) is 0 Å². The number of nitrogens with one attached hydrogen (secondary N) is 1. The number of aliphatic carboxylic acids is 1. The summed E-state index contributed by atoms with van der Waals surface area (Å²) in [5, 5.41) is 27.2. The summed E-state index contributed by atoms with van der Waals surface area (Å²) in [6.07, 6.45) is 0.200. The summed E-state index contributed by atoms with van der Waals surface area (Å²) >= 11 is 1.66. The normalized spacial score (nSPS) is 12.6. The van der Waals surface area contributed by atoms with E-state index in [0.29, 0.717) is 12.4 Å². The van der Waals surface area contributed by atoms with Crippen LogP contribution in [0, 0.1) is 0 Å². The Morgan fingerprint density at radius 3 is 3.00 bits per heavy atom. The molecule has 0 aliphatic heterocycles. The van der Waals surface area contributed by atoms with E-state index < -0.39 is 12.0 Å². The van der Waals surface area contributed by atoms with E-state index in [1.54, 1.807) is 18.4 Å². The molecule has 114 valence electrons. The van der Waals surface area contributed by atoms with Crippen LogP contribution in [0.1, 0.15) is 11.4 Å². The Bertz CT molecular complexity index is 797. The minimum Gasteiger partial charge on any atom is -0.480 e. The number of thiophene rings is 1. The molecular weight excluding hydrogens is 302 g/mol. The third kappa shape index (κ3) is 3.12. The molecule has 0 spiro atoms. The van der Waals surface area contributed by atoms with Crippen LogP contribution in [0.15, 0.2) is 29.6 Å². The first-order valence-corrected chi connectivity index (χ1v) is 7.65. The van der Waals surface area contributed by atoms with Gasteiger partial charge in [-0.15, -0.1) is 21.5 Å². The number of nitrogens with zero attached hydrogens (tertiary/aromatic N) is 4. The van der Waals surface area contributed by atoms with E-state index in [-0.39, 0.29) is 6.42 Å². The van der Waals surface area contributed by atoms with Gasteiger partial charge in [0.25, 0.3) is 0 Å². The number of carbonyl (C=O) groups is 1. The Hall–Kier alpha value is -2.32. The number of fused-ring (bicyclic) bond motifs is 1. The van der Waals surface area contributed by atoms with Gasteiger partial charge < -0.3 is 5.11 Å². The second-order valence-corrected chi connectivity index (χ2v) is 5.84. The van der Waals surface area contributed by atoms with Gasteiger partial charge >= 0.3 is 5.97 Å². The zero-order valence-corrected chi connectivity index (χ0v) is 12.7. The molecule has 1 aromatic carbocycles. The van der Waals surface area contributed by atoms with E-state index in [2.05, 4.69) is 32.2 Å². The van der Waals surface area contributed by atoms with Gasteiger partial charge in [0.1, 0.15) is 6.04 Å². The van der Waals surface area contributed by atoms with Gasteiger partial charge in [0.15, 0.2) is 5.82 Å². The number of hydrogen-bond donors (Lipinski definition) is 2. The monoisotopic (exact) mass is 317 g/mol. The van der Waals surface area contributed by atoms with Gasteiger partial charge in [0, 0.05) is 17.7 Å². The van der Waals surface area contributed by atoms with Crippen molar-refractivity contribution in [2.45, 2.75) is 19.0 Å². The molecule has 22 heavy (non-hydrogen) atoms. The largest absolute Gasteiger partial charge is 0.480 e. The van der Waals surface area contributed by atoms with Crippen LogP contribution in [-0.4, -0.2) is 37.3 Å². The molecule has 2 heterocycles. The van der Waals surface area contributed by atoms with Gasteiger partial charge in [-0.05, 0) is 27.6 Å². The lowest BCUT2D eigenvalue weighted by atomic mass is 10.1. The number of benzene rings is 1. The van der Waals surface area contributed by atoms with Crippen LogP contribution >= 0.6 is 11.3 Å². The summed E-state index contributed by atoms with van der Waals surface area (Å²) < 4.78 is 1.20. The maximum Gasteiger partial charge on any atom is 0.321 e. The van der Waals surface area contributed by atoms with Crippen LogP contribution in [0.4, 0.5) is 0 Å². The molecule has 1 atom stereocenters. The van der Waals surface area contributed by atoms with E-state index in [0.717, 1.165) is 10.9 Å². The molecule has 0 bridgehead atoms. The van der Waals surface area contributed by atoms with Crippen LogP contribution < -0.4 is 5.32 Å². The van der Waals surface area contributed by atoms with Gasteiger partial charge in [-0.3, -0.25) is 10.1 Å². The fourth-order valence-electron chi connectivity index (χ4n) is 2.24. The molecule has 0 amide bonds. The molecule has 0 fully saturated rings. The van der Waals surface area contributed by atoms with Gasteiger partial charge in [-0.25, -0.2) is 0 Å². The maximum absolute atomic E-state index is 11.4. The molecule has 1 unspecified atom stereocenters. The minimum atomic E-state index is -0.924. The molecule has 0 aliphatic carbocycles. The van der Waals surface area contributed by atoms with Crippen molar-refractivity contribution in [1.82, 2.24) is 25.5 Å². The Morgan fingerprint density at radius 2 is 2.27 bits per heavy atom. The van der Waals surface area contributed by atoms with Crippen LogP contribution in [0.25, 0.3) is 10.1 Å². The average Bonchev–Trinajstić information content (AvgIpc) is 3.09. The van der Waals surface area contributed by atoms with Crippen molar-refractivity contribution in [3.8, 4) is 0 Å². The van der Waals surface area contributed by atoms with Crippen molar-refractivity contribution in [1.29, 1.82) is 0 Å². The standard InChI is InChI=1S/C14H15N5O2S/c1-19-17-13(16-18-19)6-11(14(20)21)15-7-9-8-22-12-5-3-2-4-10(9)12/h2-5,8,11,15H,6-7H2,1H3,(H,20,21). The number of aryl methyl sites for hydroxylation is 1. The van der Waals surface area contributed by atoms with Crippen molar-refractivity contribution >= 4 is 27.4 Å². The highest BCUT2D eigenvalue weighted by atomic mass is 32.1. The molecule has 0 saturated carbocycles. The molecular formula is C14H15N5O2S. The number of hydrogen-bond acceptors (Lipinski definition) is 6. The Kier molecular flexibility index (Phi) is 4.12. The van der Waals surface area contributed by atoms with Gasteiger partial charge in [0.05, 0.1) is 7.05 Å². The first-order chi connectivity index (χ1) is 10.6. The number of tetrazole rings is 1. The predicted octanol–water partition coefficient (Wildman–Crippen LogP) is 1.21. The van der Waals surface area contributed by atoms with Crippen LogP contribution in [-0.2, 0) is 24.8 Å². The summed E-state index contributed by atoms with van der Waals surface area (Å²) in [5.74, 6) is -0.510. The zero-order valence-electron chi connectivity index (χ0n) is 11.9. The molecule has 3 rings (SSSR count). The van der Waals surface area contributed by atoms with E-state index in [1.807, 2.05) is 18.2 Å². The maximum atomic E-state index is 11.4. The predicted molar refractivity (Wildman–Crippen MR) is 82.6 cm³/mol. The summed E-state index contributed by atoms with van der Waals surface area (Å²) in [7, 11) is 1.65. The number of carboxylic acids is 1. The molecule has 0 saturated heterocycles. The van der Waals surface area contributed by atoms with E-state index >= 15 is 0 Å². The van der Waals surface area contributed by atoms with Crippen LogP contribution in [0.2, 0.25) is 0 Å². The Morgan fingerprint density at radius 1 is 1.45 bits per heavy atom. The van der Waals surface area contributed by atoms with Gasteiger partial charge in [0.2, 0.25) is 0 Å². The highest BCUT2D eigenvalue weighted by Gasteiger charge is 2.20. The second kappa shape index (κ2) is 6.20. The molecule has 2 N–H and O–H groups in total. The van der Waals surface area contributed by atoms with Crippen molar-refractivity contribution in [3.63, 3.8) is 0 Å². The van der Waals surface area contributed by atoms with E-state index in [1.165, 1.54) is 9.50 Å². The number of rotatable bonds is 6. The first kappa shape index (κ1) is 14.6. The van der Waals surface area contributed by atoms with Crippen molar-refractivity contribution in [3.05, 3.63) is 41.0 Å². The quantitative estimate of drug-likeness (QED) is 0.710. The highest BCUT2D eigenvalue weighted by Crippen LogP contribution is 2.25. The Labute approximate surface area is 130 Å². The van der Waals surface area contributed by atoms with Crippen molar-refractivity contribution in [2.24, 2.45) is 7.05 Å². The summed E-state index contributed by atoms with van der Waals surface area (Å²) in [4.78, 5) is 12.7. The fourth-order valence-corrected chi connectivity index (χ4v) is 3.20. The minimum absolute atomic E-state index is 0.200. The zero-order chi connectivity index (χ0) is 15.5. The SMILES string of the molecule is Cn1nnc(CC(NCc2csc3ccccc23)C(=O)O)n1. The smallest absolute Gasteiger partial charge is 0.321 e. The lowest BCUT2D eigenvalue weighted by Gasteiger charge is -2.12. The van der Waals surface area contributed by atoms with Crippen molar-refractivity contribution in [2.75, 3.05) is 0 Å². The molecule has 0 aliphatic rings. The molecule has 2 aromatic heterocycles. The topological polar surface area (TPSA) is 92.9 Å². The molecule has 8 heteroatoms. The molecule has 0 radical (unpaired) electrons. The van der Waals surface area contributed by atoms with E-state index in [9.17, 15) is 9.90 Å². The first-order valence-electron chi connectivity index (χ1n) is 6.77. The molecule has 3 aromatic rings. The molecule has 7 nitrogen and oxygen atoms in total. The van der Waals surface area contributed by atoms with Gasteiger partial charge in [-0.2, -0.15) is 4.80 Å². The third-order valence-electron chi connectivity index (χ3n) is 3.33. The fraction of sp³-hybridized carbons (Fsp3) is 0.286. The summed E-state index contributed by atoms with van der Waals surface area (Å²) in [6.45, 7) is 0.487. The third-order valence-corrected chi connectivity index (χ3v) is 4.35. The second-order valence-electron chi connectivity index (χ2n) is 4.93. The average molecular weight is 317 g/mol. The lowest BCUT2D eigenvalue weighted by Crippen LogP contribution is -2.38. The number of carboxylic acid groups (broad SMARTS) is 1. The highest BCUT2D eigenvalue weighted by molar-refractivity contribution is 7.17. The lowest BCUT2D eigenvalue weighted by molar-refractivity contribution is -0.139. The van der Waals surface area contributed by atoms with Gasteiger partial charge in [-0.1, -0.05) is 18.2 Å². The Balaban J connectivity index is 1.70. The number of aromatic nitrogens is 4. The van der Waals surface area contributed by atoms with Crippen molar-refractivity contribution < 1.29 is 9.90 Å². The summed E-state index contributed by atoms with van der Waals surface area (Å²) in [5.41, 5.74) is 1.10. The van der Waals surface area contributed by atoms with Crippen LogP contribution in [0.5, 0.6) is 0 Å². The van der Waals surface area contributed by atoms with E-state index in [4.69, 9.17) is 0 Å². The summed E-state index contributed by atoms with van der Waals surface area (Å²) in [6, 6.07) is 7.33.